The number of sulfonamides is 1. The SMILES string of the molecule is Cc1cc(NC(=O)NCc2ccccc2)ccc1NS(C)(=O)=O. The normalized spacial score (nSPS) is 10.9. The summed E-state index contributed by atoms with van der Waals surface area (Å²) in [5.74, 6) is 0. The molecule has 0 spiro atoms. The molecule has 2 amide bonds. The zero-order valence-electron chi connectivity index (χ0n) is 13.0. The first kappa shape index (κ1) is 16.8. The number of urea groups is 1. The average molecular weight is 333 g/mol. The van der Waals surface area contributed by atoms with Crippen LogP contribution in [-0.2, 0) is 16.6 Å². The van der Waals surface area contributed by atoms with Crippen molar-refractivity contribution in [1.82, 2.24) is 5.32 Å². The lowest BCUT2D eigenvalue weighted by molar-refractivity contribution is 0.251. The molecule has 0 aromatic heterocycles. The summed E-state index contributed by atoms with van der Waals surface area (Å²) in [7, 11) is -3.32. The lowest BCUT2D eigenvalue weighted by Gasteiger charge is -2.11. The van der Waals surface area contributed by atoms with Crippen molar-refractivity contribution in [3.8, 4) is 0 Å². The molecule has 6 nitrogen and oxygen atoms in total. The maximum atomic E-state index is 11.9. The van der Waals surface area contributed by atoms with E-state index in [4.69, 9.17) is 0 Å². The number of hydrogen-bond donors (Lipinski definition) is 3. The van der Waals surface area contributed by atoms with Crippen molar-refractivity contribution in [2.75, 3.05) is 16.3 Å². The molecule has 0 radical (unpaired) electrons. The Morgan fingerprint density at radius 2 is 1.78 bits per heavy atom. The van der Waals surface area contributed by atoms with E-state index < -0.39 is 10.0 Å². The predicted molar refractivity (Wildman–Crippen MR) is 91.9 cm³/mol. The van der Waals surface area contributed by atoms with Gasteiger partial charge in [0.1, 0.15) is 0 Å². The van der Waals surface area contributed by atoms with Crippen LogP contribution in [0.15, 0.2) is 48.5 Å². The molecule has 0 atom stereocenters. The van der Waals surface area contributed by atoms with Gasteiger partial charge in [0.05, 0.1) is 11.9 Å². The van der Waals surface area contributed by atoms with Gasteiger partial charge < -0.3 is 10.6 Å². The van der Waals surface area contributed by atoms with Crippen LogP contribution in [0.25, 0.3) is 0 Å². The Bertz CT molecular complexity index is 789. The third-order valence-electron chi connectivity index (χ3n) is 3.08. The molecule has 0 bridgehead atoms. The van der Waals surface area contributed by atoms with Crippen LogP contribution in [0.3, 0.4) is 0 Å². The second-order valence-electron chi connectivity index (χ2n) is 5.20. The first-order valence-electron chi connectivity index (χ1n) is 7.01. The Balaban J connectivity index is 1.95. The van der Waals surface area contributed by atoms with Gasteiger partial charge in [-0.15, -0.1) is 0 Å². The zero-order valence-corrected chi connectivity index (χ0v) is 13.8. The number of carbonyl (C=O) groups is 1. The first-order valence-corrected chi connectivity index (χ1v) is 8.90. The molecule has 0 aliphatic carbocycles. The minimum Gasteiger partial charge on any atom is -0.334 e. The van der Waals surface area contributed by atoms with Crippen LogP contribution in [0.2, 0.25) is 0 Å². The van der Waals surface area contributed by atoms with E-state index in [1.807, 2.05) is 30.3 Å². The van der Waals surface area contributed by atoms with E-state index in [1.165, 1.54) is 0 Å². The quantitative estimate of drug-likeness (QED) is 0.786. The van der Waals surface area contributed by atoms with E-state index in [9.17, 15) is 13.2 Å². The highest BCUT2D eigenvalue weighted by Crippen LogP contribution is 2.20. The van der Waals surface area contributed by atoms with Crippen molar-refractivity contribution in [2.45, 2.75) is 13.5 Å². The van der Waals surface area contributed by atoms with Crippen LogP contribution in [-0.4, -0.2) is 20.7 Å². The molecule has 2 aromatic rings. The molecule has 0 heterocycles. The summed E-state index contributed by atoms with van der Waals surface area (Å²) in [6.45, 7) is 2.19. The summed E-state index contributed by atoms with van der Waals surface area (Å²) < 4.78 is 24.9. The summed E-state index contributed by atoms with van der Waals surface area (Å²) in [6.07, 6.45) is 1.09. The molecule has 2 aromatic carbocycles. The molecule has 2 rings (SSSR count). The van der Waals surface area contributed by atoms with Crippen LogP contribution in [0.4, 0.5) is 16.2 Å². The second kappa shape index (κ2) is 7.15. The fraction of sp³-hybridized carbons (Fsp3) is 0.188. The summed E-state index contributed by atoms with van der Waals surface area (Å²) in [5, 5.41) is 5.47. The Labute approximate surface area is 136 Å². The van der Waals surface area contributed by atoms with Gasteiger partial charge in [0.2, 0.25) is 10.0 Å². The number of rotatable bonds is 5. The van der Waals surface area contributed by atoms with E-state index in [2.05, 4.69) is 15.4 Å². The molecule has 0 fully saturated rings. The highest BCUT2D eigenvalue weighted by atomic mass is 32.2. The predicted octanol–water partition coefficient (Wildman–Crippen LogP) is 2.69. The number of carbonyl (C=O) groups excluding carboxylic acids is 1. The van der Waals surface area contributed by atoms with Gasteiger partial charge in [0.15, 0.2) is 0 Å². The molecule has 7 heteroatoms. The molecule has 0 saturated heterocycles. The van der Waals surface area contributed by atoms with Gasteiger partial charge in [-0.05, 0) is 36.2 Å². The van der Waals surface area contributed by atoms with Crippen LogP contribution in [0.5, 0.6) is 0 Å². The highest BCUT2D eigenvalue weighted by molar-refractivity contribution is 7.92. The molecule has 0 saturated carbocycles. The average Bonchev–Trinajstić information content (AvgIpc) is 2.48. The molecule has 0 unspecified atom stereocenters. The maximum Gasteiger partial charge on any atom is 0.319 e. The van der Waals surface area contributed by atoms with Crippen LogP contribution < -0.4 is 15.4 Å². The molecule has 0 aliphatic rings. The number of hydrogen-bond acceptors (Lipinski definition) is 3. The molecule has 3 N–H and O–H groups in total. The third-order valence-corrected chi connectivity index (χ3v) is 3.67. The zero-order chi connectivity index (χ0) is 16.9. The summed E-state index contributed by atoms with van der Waals surface area (Å²) in [6, 6.07) is 14.2. The van der Waals surface area contributed by atoms with Crippen molar-refractivity contribution in [2.24, 2.45) is 0 Å². The van der Waals surface area contributed by atoms with Crippen molar-refractivity contribution in [1.29, 1.82) is 0 Å². The number of nitrogens with one attached hydrogen (secondary N) is 3. The minimum atomic E-state index is -3.32. The summed E-state index contributed by atoms with van der Waals surface area (Å²) >= 11 is 0. The highest BCUT2D eigenvalue weighted by Gasteiger charge is 2.07. The first-order chi connectivity index (χ1) is 10.8. The topological polar surface area (TPSA) is 87.3 Å². The fourth-order valence-electron chi connectivity index (χ4n) is 2.01. The van der Waals surface area contributed by atoms with Gasteiger partial charge in [-0.2, -0.15) is 0 Å². The van der Waals surface area contributed by atoms with Gasteiger partial charge in [-0.3, -0.25) is 4.72 Å². The van der Waals surface area contributed by atoms with Crippen LogP contribution in [0, 0.1) is 6.92 Å². The van der Waals surface area contributed by atoms with Gasteiger partial charge in [0, 0.05) is 12.2 Å². The van der Waals surface area contributed by atoms with E-state index in [0.29, 0.717) is 17.9 Å². The lowest BCUT2D eigenvalue weighted by Crippen LogP contribution is -2.28. The van der Waals surface area contributed by atoms with Gasteiger partial charge in [-0.1, -0.05) is 30.3 Å². The standard InChI is InChI=1S/C16H19N3O3S/c1-12-10-14(8-9-15(12)19-23(2,21)22)18-16(20)17-11-13-6-4-3-5-7-13/h3-10,19H,11H2,1-2H3,(H2,17,18,20). The molecule has 122 valence electrons. The Morgan fingerprint density at radius 3 is 2.39 bits per heavy atom. The van der Waals surface area contributed by atoms with Crippen LogP contribution in [0.1, 0.15) is 11.1 Å². The third kappa shape index (κ3) is 5.63. The maximum absolute atomic E-state index is 11.9. The van der Waals surface area contributed by atoms with Gasteiger partial charge >= 0.3 is 6.03 Å². The van der Waals surface area contributed by atoms with Gasteiger partial charge in [-0.25, -0.2) is 13.2 Å². The monoisotopic (exact) mass is 333 g/mol. The molecule has 23 heavy (non-hydrogen) atoms. The molecular formula is C16H19N3O3S. The summed E-state index contributed by atoms with van der Waals surface area (Å²) in [5.41, 5.74) is 2.80. The number of amides is 2. The van der Waals surface area contributed by atoms with Crippen LogP contribution >= 0.6 is 0 Å². The largest absolute Gasteiger partial charge is 0.334 e. The Hall–Kier alpha value is -2.54. The molecule has 0 aliphatic heterocycles. The number of benzene rings is 2. The van der Waals surface area contributed by atoms with Crippen molar-refractivity contribution >= 4 is 27.4 Å². The van der Waals surface area contributed by atoms with E-state index in [0.717, 1.165) is 17.4 Å². The Kier molecular flexibility index (Phi) is 5.23. The van der Waals surface area contributed by atoms with Crippen molar-refractivity contribution in [3.05, 3.63) is 59.7 Å². The second-order valence-corrected chi connectivity index (χ2v) is 6.95. The summed E-state index contributed by atoms with van der Waals surface area (Å²) in [4.78, 5) is 11.9. The molecular weight excluding hydrogens is 314 g/mol. The van der Waals surface area contributed by atoms with Crippen molar-refractivity contribution < 1.29 is 13.2 Å². The smallest absolute Gasteiger partial charge is 0.319 e. The Morgan fingerprint density at radius 1 is 1.09 bits per heavy atom. The number of aryl methyl sites for hydroxylation is 1. The van der Waals surface area contributed by atoms with E-state index in [1.54, 1.807) is 25.1 Å². The minimum absolute atomic E-state index is 0.322. The fourth-order valence-corrected chi connectivity index (χ4v) is 2.64. The lowest BCUT2D eigenvalue weighted by atomic mass is 10.2. The number of anilines is 2. The van der Waals surface area contributed by atoms with Crippen molar-refractivity contribution in [3.63, 3.8) is 0 Å². The van der Waals surface area contributed by atoms with Gasteiger partial charge in [0.25, 0.3) is 0 Å². The van der Waals surface area contributed by atoms with E-state index >= 15 is 0 Å². The van der Waals surface area contributed by atoms with E-state index in [-0.39, 0.29) is 6.03 Å².